The molecule has 0 heterocycles. The van der Waals surface area contributed by atoms with Crippen LogP contribution in [-0.2, 0) is 10.2 Å². The molecule has 0 saturated carbocycles. The van der Waals surface area contributed by atoms with Crippen molar-refractivity contribution in [2.75, 3.05) is 19.6 Å². The first-order chi connectivity index (χ1) is 12.0. The molecule has 0 bridgehead atoms. The monoisotopic (exact) mass is 341 g/mol. The van der Waals surface area contributed by atoms with Gasteiger partial charge in [0.25, 0.3) is 0 Å². The van der Waals surface area contributed by atoms with Gasteiger partial charge in [0.05, 0.1) is 0 Å². The van der Waals surface area contributed by atoms with Gasteiger partial charge in [0.1, 0.15) is 11.2 Å². The topological polar surface area (TPSA) is 60.8 Å². The van der Waals surface area contributed by atoms with Crippen LogP contribution in [0.5, 0.6) is 5.75 Å². The van der Waals surface area contributed by atoms with Crippen LogP contribution < -0.4 is 0 Å². The van der Waals surface area contributed by atoms with E-state index in [2.05, 4.69) is 18.7 Å². The van der Waals surface area contributed by atoms with E-state index < -0.39 is 11.4 Å². The number of carboxylic acid groups (broad SMARTS) is 1. The Morgan fingerprint density at radius 2 is 1.52 bits per heavy atom. The van der Waals surface area contributed by atoms with Gasteiger partial charge in [0, 0.05) is 0 Å². The average Bonchev–Trinajstić information content (AvgIpc) is 2.63. The Labute approximate surface area is 149 Å². The molecule has 0 radical (unpaired) electrons. The SMILES string of the molecule is CCN(CC)CCCC(C(=O)O)(c1ccccc1)c1ccc(O)cc1. The van der Waals surface area contributed by atoms with Gasteiger partial charge in [-0.05, 0) is 55.7 Å². The fourth-order valence-electron chi connectivity index (χ4n) is 3.39. The molecule has 0 spiro atoms. The number of hydrogen-bond acceptors (Lipinski definition) is 3. The quantitative estimate of drug-likeness (QED) is 0.726. The van der Waals surface area contributed by atoms with Crippen molar-refractivity contribution in [3.63, 3.8) is 0 Å². The van der Waals surface area contributed by atoms with E-state index in [9.17, 15) is 15.0 Å². The fraction of sp³-hybridized carbons (Fsp3) is 0.381. The van der Waals surface area contributed by atoms with Gasteiger partial charge in [-0.3, -0.25) is 4.79 Å². The van der Waals surface area contributed by atoms with E-state index in [1.165, 1.54) is 0 Å². The lowest BCUT2D eigenvalue weighted by atomic mass is 9.71. The van der Waals surface area contributed by atoms with E-state index in [1.807, 2.05) is 30.3 Å². The van der Waals surface area contributed by atoms with Gasteiger partial charge in [0.2, 0.25) is 0 Å². The van der Waals surface area contributed by atoms with E-state index in [4.69, 9.17) is 0 Å². The lowest BCUT2D eigenvalue weighted by Crippen LogP contribution is -2.38. The van der Waals surface area contributed by atoms with Crippen molar-refractivity contribution in [3.8, 4) is 5.75 Å². The minimum absolute atomic E-state index is 0.138. The minimum atomic E-state index is -1.11. The van der Waals surface area contributed by atoms with E-state index in [-0.39, 0.29) is 5.75 Å². The molecule has 0 aliphatic heterocycles. The summed E-state index contributed by atoms with van der Waals surface area (Å²) >= 11 is 0. The Bertz CT molecular complexity index is 665. The summed E-state index contributed by atoms with van der Waals surface area (Å²) in [6.07, 6.45) is 1.29. The highest BCUT2D eigenvalue weighted by atomic mass is 16.4. The van der Waals surface area contributed by atoms with E-state index in [1.54, 1.807) is 24.3 Å². The molecule has 4 heteroatoms. The highest BCUT2D eigenvalue weighted by molar-refractivity contribution is 5.86. The lowest BCUT2D eigenvalue weighted by Gasteiger charge is -2.32. The number of rotatable bonds is 9. The predicted molar refractivity (Wildman–Crippen MR) is 100.0 cm³/mol. The third kappa shape index (κ3) is 4.20. The molecule has 0 amide bonds. The number of aromatic hydroxyl groups is 1. The predicted octanol–water partition coefficient (Wildman–Crippen LogP) is 3.88. The first-order valence-corrected chi connectivity index (χ1v) is 8.85. The first-order valence-electron chi connectivity index (χ1n) is 8.85. The first kappa shape index (κ1) is 19.0. The van der Waals surface area contributed by atoms with Crippen LogP contribution >= 0.6 is 0 Å². The Kier molecular flexibility index (Phi) is 6.59. The number of benzene rings is 2. The van der Waals surface area contributed by atoms with Crippen LogP contribution in [0.3, 0.4) is 0 Å². The van der Waals surface area contributed by atoms with Gasteiger partial charge in [-0.1, -0.05) is 56.3 Å². The summed E-state index contributed by atoms with van der Waals surface area (Å²) < 4.78 is 0. The van der Waals surface area contributed by atoms with Crippen LogP contribution in [0, 0.1) is 0 Å². The van der Waals surface area contributed by atoms with Crippen LogP contribution in [0.15, 0.2) is 54.6 Å². The third-order valence-corrected chi connectivity index (χ3v) is 4.91. The zero-order chi connectivity index (χ0) is 18.3. The maximum atomic E-state index is 12.4. The summed E-state index contributed by atoms with van der Waals surface area (Å²) in [5.41, 5.74) is 0.360. The van der Waals surface area contributed by atoms with Gasteiger partial charge < -0.3 is 15.1 Å². The van der Waals surface area contributed by atoms with Gasteiger partial charge in [-0.15, -0.1) is 0 Å². The summed E-state index contributed by atoms with van der Waals surface area (Å²) in [5.74, 6) is -0.719. The zero-order valence-corrected chi connectivity index (χ0v) is 15.0. The molecule has 0 aliphatic carbocycles. The molecule has 0 fully saturated rings. The molecule has 1 unspecified atom stereocenters. The smallest absolute Gasteiger partial charge is 0.318 e. The molecule has 4 nitrogen and oxygen atoms in total. The standard InChI is InChI=1S/C21H27NO3/c1-3-22(4-2)16-8-15-21(20(24)25,17-9-6-5-7-10-17)18-11-13-19(23)14-12-18/h5-7,9-14,23H,3-4,8,15-16H2,1-2H3,(H,24,25). The second-order valence-corrected chi connectivity index (χ2v) is 6.25. The normalized spacial score (nSPS) is 13.6. The van der Waals surface area contributed by atoms with Crippen LogP contribution in [0.2, 0.25) is 0 Å². The number of nitrogens with zero attached hydrogens (tertiary/aromatic N) is 1. The molecule has 0 aliphatic rings. The maximum Gasteiger partial charge on any atom is 0.318 e. The molecular formula is C21H27NO3. The Morgan fingerprint density at radius 3 is 2.04 bits per heavy atom. The third-order valence-electron chi connectivity index (χ3n) is 4.91. The van der Waals surface area contributed by atoms with Crippen LogP contribution in [0.4, 0.5) is 0 Å². The van der Waals surface area contributed by atoms with Gasteiger partial charge in [0.15, 0.2) is 0 Å². The summed E-state index contributed by atoms with van der Waals surface area (Å²) in [6, 6.07) is 15.9. The van der Waals surface area contributed by atoms with E-state index >= 15 is 0 Å². The number of phenols is 1. The maximum absolute atomic E-state index is 12.4. The molecule has 1 atom stereocenters. The molecule has 2 aromatic carbocycles. The van der Waals surface area contributed by atoms with Crippen molar-refractivity contribution in [1.82, 2.24) is 4.90 Å². The zero-order valence-electron chi connectivity index (χ0n) is 15.0. The molecule has 0 aromatic heterocycles. The van der Waals surface area contributed by atoms with E-state index in [0.717, 1.165) is 31.6 Å². The summed E-state index contributed by atoms with van der Waals surface area (Å²) in [6.45, 7) is 7.02. The highest BCUT2D eigenvalue weighted by Crippen LogP contribution is 2.38. The number of carbonyl (C=O) groups is 1. The van der Waals surface area contributed by atoms with Gasteiger partial charge in [-0.2, -0.15) is 0 Å². The summed E-state index contributed by atoms with van der Waals surface area (Å²) in [4.78, 5) is 14.7. The number of carboxylic acids is 1. The van der Waals surface area contributed by atoms with Crippen molar-refractivity contribution in [3.05, 3.63) is 65.7 Å². The largest absolute Gasteiger partial charge is 0.508 e. The molecule has 134 valence electrons. The summed E-state index contributed by atoms with van der Waals surface area (Å²) in [5, 5.41) is 19.8. The molecule has 2 aromatic rings. The van der Waals surface area contributed by atoms with Crippen LogP contribution in [0.1, 0.15) is 37.8 Å². The molecule has 2 N–H and O–H groups in total. The summed E-state index contributed by atoms with van der Waals surface area (Å²) in [7, 11) is 0. The highest BCUT2D eigenvalue weighted by Gasteiger charge is 2.41. The van der Waals surface area contributed by atoms with Crippen molar-refractivity contribution in [1.29, 1.82) is 0 Å². The number of phenolic OH excluding ortho intramolecular Hbond substituents is 1. The Balaban J connectivity index is 2.42. The fourth-order valence-corrected chi connectivity index (χ4v) is 3.39. The molecule has 2 rings (SSSR count). The number of aliphatic carboxylic acids is 1. The van der Waals surface area contributed by atoms with Crippen molar-refractivity contribution < 1.29 is 15.0 Å². The lowest BCUT2D eigenvalue weighted by molar-refractivity contribution is -0.142. The minimum Gasteiger partial charge on any atom is -0.508 e. The molecule has 25 heavy (non-hydrogen) atoms. The number of hydrogen-bond donors (Lipinski definition) is 2. The second kappa shape index (κ2) is 8.67. The van der Waals surface area contributed by atoms with Gasteiger partial charge >= 0.3 is 5.97 Å². The van der Waals surface area contributed by atoms with Crippen molar-refractivity contribution >= 4 is 5.97 Å². The average molecular weight is 341 g/mol. The molecule has 0 saturated heterocycles. The van der Waals surface area contributed by atoms with Crippen molar-refractivity contribution in [2.45, 2.75) is 32.1 Å². The van der Waals surface area contributed by atoms with Crippen LogP contribution in [-0.4, -0.2) is 40.7 Å². The van der Waals surface area contributed by atoms with Gasteiger partial charge in [-0.25, -0.2) is 0 Å². The van der Waals surface area contributed by atoms with E-state index in [0.29, 0.717) is 12.0 Å². The Morgan fingerprint density at radius 1 is 0.960 bits per heavy atom. The Hall–Kier alpha value is -2.33. The van der Waals surface area contributed by atoms with Crippen molar-refractivity contribution in [2.24, 2.45) is 0 Å². The second-order valence-electron chi connectivity index (χ2n) is 6.25. The van der Waals surface area contributed by atoms with Crippen LogP contribution in [0.25, 0.3) is 0 Å². The molecular weight excluding hydrogens is 314 g/mol.